The molecule has 5 rings (SSSR count). The van der Waals surface area contributed by atoms with Crippen LogP contribution in [-0.2, 0) is 4.79 Å². The highest BCUT2D eigenvalue weighted by atomic mass is 35.5. The van der Waals surface area contributed by atoms with Crippen LogP contribution in [0.25, 0.3) is 11.1 Å². The molecule has 3 aromatic rings. The summed E-state index contributed by atoms with van der Waals surface area (Å²) >= 11 is 6.49. The number of ether oxygens (including phenoxy) is 1. The largest absolute Gasteiger partial charge is 0.492 e. The Kier molecular flexibility index (Phi) is 6.29. The summed E-state index contributed by atoms with van der Waals surface area (Å²) in [6, 6.07) is 21.2. The van der Waals surface area contributed by atoms with Gasteiger partial charge in [-0.2, -0.15) is 0 Å². The number of carbonyl (C=O) groups is 2. The van der Waals surface area contributed by atoms with E-state index in [1.807, 2.05) is 60.7 Å². The molecule has 0 bridgehead atoms. The minimum absolute atomic E-state index is 0.347. The van der Waals surface area contributed by atoms with Crippen LogP contribution in [0.4, 0.5) is 0 Å². The molecule has 1 aliphatic carbocycles. The zero-order valence-electron chi connectivity index (χ0n) is 18.7. The average Bonchev–Trinajstić information content (AvgIpc) is 3.58. The molecule has 6 heteroatoms. The zero-order valence-corrected chi connectivity index (χ0v) is 19.4. The number of hydrogen-bond acceptors (Lipinski definition) is 3. The van der Waals surface area contributed by atoms with E-state index in [0.717, 1.165) is 29.5 Å². The molecular formula is C28H26ClNO4. The predicted octanol–water partition coefficient (Wildman–Crippen LogP) is 6.23. The molecule has 34 heavy (non-hydrogen) atoms. The number of carboxylic acid groups (broad SMARTS) is 1. The van der Waals surface area contributed by atoms with Crippen LogP contribution in [0.3, 0.4) is 0 Å². The first-order valence-electron chi connectivity index (χ1n) is 11.7. The van der Waals surface area contributed by atoms with Gasteiger partial charge in [-0.3, -0.25) is 4.79 Å². The van der Waals surface area contributed by atoms with Gasteiger partial charge >= 0.3 is 5.97 Å². The predicted molar refractivity (Wildman–Crippen MR) is 131 cm³/mol. The van der Waals surface area contributed by atoms with Crippen molar-refractivity contribution in [2.75, 3.05) is 6.61 Å². The number of amides is 1. The van der Waals surface area contributed by atoms with Gasteiger partial charge in [-0.25, -0.2) is 4.79 Å². The lowest BCUT2D eigenvalue weighted by Crippen LogP contribution is -2.42. The number of carboxylic acids is 1. The van der Waals surface area contributed by atoms with E-state index in [2.05, 4.69) is 0 Å². The lowest BCUT2D eigenvalue weighted by molar-refractivity contribution is -0.141. The molecule has 0 aromatic heterocycles. The van der Waals surface area contributed by atoms with Crippen molar-refractivity contribution in [1.29, 1.82) is 0 Å². The Bertz CT molecular complexity index is 1210. The van der Waals surface area contributed by atoms with Gasteiger partial charge in [0.05, 0.1) is 18.2 Å². The van der Waals surface area contributed by atoms with Crippen LogP contribution in [0.2, 0.25) is 5.02 Å². The number of rotatable bonds is 7. The molecule has 2 atom stereocenters. The van der Waals surface area contributed by atoms with Crippen molar-refractivity contribution < 1.29 is 19.4 Å². The Morgan fingerprint density at radius 1 is 0.912 bits per heavy atom. The van der Waals surface area contributed by atoms with Crippen molar-refractivity contribution >= 4 is 23.5 Å². The fourth-order valence-corrected chi connectivity index (χ4v) is 5.00. The van der Waals surface area contributed by atoms with Crippen molar-refractivity contribution in [3.8, 4) is 16.9 Å². The molecule has 5 nitrogen and oxygen atoms in total. The van der Waals surface area contributed by atoms with Gasteiger partial charge in [0.25, 0.3) is 5.91 Å². The molecule has 1 amide bonds. The Hall–Kier alpha value is -3.31. The molecule has 3 aromatic carbocycles. The van der Waals surface area contributed by atoms with E-state index in [4.69, 9.17) is 16.3 Å². The minimum Gasteiger partial charge on any atom is -0.492 e. The quantitative estimate of drug-likeness (QED) is 0.440. The number of nitrogens with zero attached hydrogens (tertiary/aromatic N) is 1. The molecule has 2 aliphatic rings. The van der Waals surface area contributed by atoms with Crippen molar-refractivity contribution in [2.24, 2.45) is 5.92 Å². The number of likely N-dealkylation sites (tertiary alicyclic amines) is 1. The number of carbonyl (C=O) groups excluding carboxylic acids is 1. The number of halogens is 1. The monoisotopic (exact) mass is 475 g/mol. The third-order valence-corrected chi connectivity index (χ3v) is 7.01. The summed E-state index contributed by atoms with van der Waals surface area (Å²) in [7, 11) is 0. The van der Waals surface area contributed by atoms with Crippen LogP contribution < -0.4 is 4.74 Å². The van der Waals surface area contributed by atoms with E-state index in [1.54, 1.807) is 12.1 Å². The van der Waals surface area contributed by atoms with Crippen LogP contribution in [0, 0.1) is 5.92 Å². The van der Waals surface area contributed by atoms with Crippen LogP contribution in [-0.4, -0.2) is 34.5 Å². The highest BCUT2D eigenvalue weighted by Gasteiger charge is 2.44. The normalized spacial score (nSPS) is 19.7. The molecule has 2 unspecified atom stereocenters. The molecule has 1 aliphatic heterocycles. The summed E-state index contributed by atoms with van der Waals surface area (Å²) < 4.78 is 6.14. The molecule has 1 saturated heterocycles. The summed E-state index contributed by atoms with van der Waals surface area (Å²) in [5, 5.41) is 10.5. The fraction of sp³-hybridized carbons (Fsp3) is 0.286. The van der Waals surface area contributed by atoms with E-state index in [-0.39, 0.29) is 5.91 Å². The van der Waals surface area contributed by atoms with Crippen LogP contribution in [0.5, 0.6) is 5.75 Å². The first-order valence-corrected chi connectivity index (χ1v) is 12.0. The second kappa shape index (κ2) is 9.51. The molecule has 0 spiro atoms. The maximum Gasteiger partial charge on any atom is 0.326 e. The molecule has 174 valence electrons. The fourth-order valence-electron chi connectivity index (χ4n) is 4.74. The Morgan fingerprint density at radius 2 is 1.65 bits per heavy atom. The van der Waals surface area contributed by atoms with Crippen molar-refractivity contribution in [3.63, 3.8) is 0 Å². The summed E-state index contributed by atoms with van der Waals surface area (Å²) in [5.41, 5.74) is 2.77. The molecule has 2 fully saturated rings. The first-order chi connectivity index (χ1) is 16.5. The summed E-state index contributed by atoms with van der Waals surface area (Å²) in [6.45, 7) is 0.550. The van der Waals surface area contributed by atoms with Gasteiger partial charge in [-0.1, -0.05) is 72.3 Å². The number of hydrogen-bond donors (Lipinski definition) is 1. The lowest BCUT2D eigenvalue weighted by Gasteiger charge is -2.30. The van der Waals surface area contributed by atoms with Crippen LogP contribution in [0.1, 0.15) is 47.6 Å². The van der Waals surface area contributed by atoms with Crippen LogP contribution >= 0.6 is 11.6 Å². The van der Waals surface area contributed by atoms with Gasteiger partial charge in [0.2, 0.25) is 0 Å². The van der Waals surface area contributed by atoms with Gasteiger partial charge in [0.15, 0.2) is 0 Å². The minimum atomic E-state index is -1.01. The Morgan fingerprint density at radius 3 is 2.35 bits per heavy atom. The Labute approximate surface area is 203 Å². The molecule has 1 saturated carbocycles. The first kappa shape index (κ1) is 22.5. The molecule has 0 radical (unpaired) electrons. The maximum atomic E-state index is 14.3. The highest BCUT2D eigenvalue weighted by Crippen LogP contribution is 2.43. The smallest absolute Gasteiger partial charge is 0.326 e. The number of aliphatic carboxylic acids is 1. The second-order valence-corrected chi connectivity index (χ2v) is 9.39. The van der Waals surface area contributed by atoms with Crippen molar-refractivity contribution in [1.82, 2.24) is 4.90 Å². The third kappa shape index (κ3) is 4.40. The van der Waals surface area contributed by atoms with E-state index in [0.29, 0.717) is 41.7 Å². The van der Waals surface area contributed by atoms with E-state index in [9.17, 15) is 14.7 Å². The van der Waals surface area contributed by atoms with Gasteiger partial charge < -0.3 is 14.7 Å². The SMILES string of the molecule is O=C(O)C1CCC(c2ccccc2Cl)N1C(=O)c1c(OCC2CC2)cccc1-c1ccccc1. The standard InChI is InChI=1S/C28H26ClNO4/c29-22-11-5-4-9-21(22)23-15-16-24(28(32)33)30(23)27(31)26-20(19-7-2-1-3-8-19)10-6-12-25(26)34-17-18-13-14-18/h1-12,18,23-24H,13-17H2,(H,32,33). The van der Waals surface area contributed by atoms with E-state index in [1.165, 1.54) is 4.90 Å². The van der Waals surface area contributed by atoms with Crippen LogP contribution in [0.15, 0.2) is 72.8 Å². The van der Waals surface area contributed by atoms with Gasteiger partial charge in [-0.15, -0.1) is 0 Å². The Balaban J connectivity index is 1.62. The summed E-state index contributed by atoms with van der Waals surface area (Å²) in [4.78, 5) is 28.0. The van der Waals surface area contributed by atoms with Gasteiger partial charge in [0, 0.05) is 5.02 Å². The summed E-state index contributed by atoms with van der Waals surface area (Å²) in [6.07, 6.45) is 3.15. The maximum absolute atomic E-state index is 14.3. The molecule has 1 N–H and O–H groups in total. The van der Waals surface area contributed by atoms with Crippen molar-refractivity contribution in [3.05, 3.63) is 88.9 Å². The van der Waals surface area contributed by atoms with Gasteiger partial charge in [0.1, 0.15) is 11.8 Å². The summed E-state index contributed by atoms with van der Waals surface area (Å²) in [5.74, 6) is -0.356. The number of benzene rings is 3. The topological polar surface area (TPSA) is 66.8 Å². The van der Waals surface area contributed by atoms with E-state index >= 15 is 0 Å². The average molecular weight is 476 g/mol. The molecule has 1 heterocycles. The van der Waals surface area contributed by atoms with Crippen molar-refractivity contribution in [2.45, 2.75) is 37.8 Å². The zero-order chi connectivity index (χ0) is 23.7. The van der Waals surface area contributed by atoms with E-state index < -0.39 is 18.1 Å². The lowest BCUT2D eigenvalue weighted by atomic mass is 9.96. The highest BCUT2D eigenvalue weighted by molar-refractivity contribution is 6.31. The molecular weight excluding hydrogens is 450 g/mol. The second-order valence-electron chi connectivity index (χ2n) is 8.98. The third-order valence-electron chi connectivity index (χ3n) is 6.67. The van der Waals surface area contributed by atoms with Gasteiger partial charge in [-0.05, 0) is 60.4 Å².